The minimum absolute atomic E-state index is 0.458. The molecule has 0 aliphatic heterocycles. The Bertz CT molecular complexity index is 592. The molecule has 0 amide bonds. The number of hydrogen-bond donors (Lipinski definition) is 0. The molecule has 0 saturated carbocycles. The molecule has 0 fully saturated rings. The Balaban J connectivity index is 2.29. The van der Waals surface area contributed by atoms with Crippen molar-refractivity contribution >= 4 is 23.0 Å². The Morgan fingerprint density at radius 1 is 1.05 bits per heavy atom. The van der Waals surface area contributed by atoms with Gasteiger partial charge >= 0.3 is 0 Å². The molecule has 0 unspecified atom stereocenters. The summed E-state index contributed by atoms with van der Waals surface area (Å²) in [6, 6.07) is 19.9. The maximum atomic E-state index is 8.84. The summed E-state index contributed by atoms with van der Waals surface area (Å²) in [4.78, 5) is 0. The molecule has 0 atom stereocenters. The minimum atomic E-state index is 0.458. The van der Waals surface area contributed by atoms with Crippen LogP contribution in [0, 0.1) is 11.3 Å². The van der Waals surface area contributed by atoms with Gasteiger partial charge in [0.1, 0.15) is 0 Å². The fraction of sp³-hybridized carbons (Fsp3) is 0.188. The quantitative estimate of drug-likeness (QED) is 0.775. The van der Waals surface area contributed by atoms with Crippen molar-refractivity contribution in [1.82, 2.24) is 0 Å². The van der Waals surface area contributed by atoms with Crippen LogP contribution in [0.1, 0.15) is 6.42 Å². The third kappa shape index (κ3) is 3.43. The van der Waals surface area contributed by atoms with E-state index in [1.165, 1.54) is 0 Å². The molecule has 4 heteroatoms. The summed E-state index contributed by atoms with van der Waals surface area (Å²) >= 11 is 6.05. The molecule has 3 nitrogen and oxygen atoms in total. The number of anilines is 2. The molecule has 0 radical (unpaired) electrons. The Labute approximate surface area is 124 Å². The number of benzene rings is 2. The van der Waals surface area contributed by atoms with E-state index in [4.69, 9.17) is 16.9 Å². The van der Waals surface area contributed by atoms with Gasteiger partial charge in [-0.15, -0.1) is 0 Å². The average molecular weight is 286 g/mol. The van der Waals surface area contributed by atoms with Gasteiger partial charge in [0.05, 0.1) is 30.4 Å². The number of para-hydroxylation sites is 1. The van der Waals surface area contributed by atoms with Gasteiger partial charge in [-0.2, -0.15) is 5.26 Å². The number of hydrazine groups is 1. The number of nitrogens with zero attached hydrogens (tertiary/aromatic N) is 3. The number of hydrogen-bond acceptors (Lipinski definition) is 3. The first-order valence-corrected chi connectivity index (χ1v) is 6.79. The zero-order chi connectivity index (χ0) is 14.4. The largest absolute Gasteiger partial charge is 0.288 e. The highest BCUT2D eigenvalue weighted by molar-refractivity contribution is 6.30. The number of nitriles is 1. The van der Waals surface area contributed by atoms with Crippen LogP contribution in [0.2, 0.25) is 5.02 Å². The highest BCUT2D eigenvalue weighted by Crippen LogP contribution is 2.23. The van der Waals surface area contributed by atoms with Gasteiger partial charge in [-0.1, -0.05) is 35.9 Å². The van der Waals surface area contributed by atoms with Crippen LogP contribution in [0.5, 0.6) is 0 Å². The van der Waals surface area contributed by atoms with Crippen molar-refractivity contribution in [3.63, 3.8) is 0 Å². The summed E-state index contributed by atoms with van der Waals surface area (Å²) in [7, 11) is 1.97. The van der Waals surface area contributed by atoms with E-state index in [-0.39, 0.29) is 0 Å². The molecule has 0 bridgehead atoms. The van der Waals surface area contributed by atoms with Crippen molar-refractivity contribution < 1.29 is 0 Å². The van der Waals surface area contributed by atoms with Crippen molar-refractivity contribution in [2.75, 3.05) is 23.6 Å². The highest BCUT2D eigenvalue weighted by Gasteiger charge is 2.12. The van der Waals surface area contributed by atoms with E-state index < -0.39 is 0 Å². The van der Waals surface area contributed by atoms with Crippen LogP contribution in [0.4, 0.5) is 11.4 Å². The van der Waals surface area contributed by atoms with E-state index >= 15 is 0 Å². The molecule has 0 spiro atoms. The van der Waals surface area contributed by atoms with Crippen LogP contribution in [0.3, 0.4) is 0 Å². The number of halogens is 1. The maximum absolute atomic E-state index is 8.84. The van der Waals surface area contributed by atoms with E-state index in [0.717, 1.165) is 11.4 Å². The third-order valence-corrected chi connectivity index (χ3v) is 3.27. The predicted octanol–water partition coefficient (Wildman–Crippen LogP) is 4.11. The first kappa shape index (κ1) is 14.2. The molecule has 20 heavy (non-hydrogen) atoms. The second-order valence-corrected chi connectivity index (χ2v) is 4.81. The summed E-state index contributed by atoms with van der Waals surface area (Å²) in [6.45, 7) is 0.628. The summed E-state index contributed by atoms with van der Waals surface area (Å²) < 4.78 is 0. The lowest BCUT2D eigenvalue weighted by molar-refractivity contribution is 0.781. The molecule has 102 valence electrons. The Hall–Kier alpha value is -2.18. The SMILES string of the molecule is CN(c1cccc(Cl)c1)N(CCC#N)c1ccccc1. The second-order valence-electron chi connectivity index (χ2n) is 4.37. The first-order valence-electron chi connectivity index (χ1n) is 6.41. The third-order valence-electron chi connectivity index (χ3n) is 3.03. The van der Waals surface area contributed by atoms with Gasteiger partial charge in [0.25, 0.3) is 0 Å². The lowest BCUT2D eigenvalue weighted by Crippen LogP contribution is -2.40. The average Bonchev–Trinajstić information content (AvgIpc) is 2.48. The van der Waals surface area contributed by atoms with Crippen LogP contribution >= 0.6 is 11.6 Å². The fourth-order valence-corrected chi connectivity index (χ4v) is 2.21. The van der Waals surface area contributed by atoms with E-state index in [1.54, 1.807) is 0 Å². The van der Waals surface area contributed by atoms with Crippen LogP contribution in [0.15, 0.2) is 54.6 Å². The normalized spacial score (nSPS) is 9.85. The first-order chi connectivity index (χ1) is 9.72. The van der Waals surface area contributed by atoms with Gasteiger partial charge in [-0.25, -0.2) is 0 Å². The van der Waals surface area contributed by atoms with Crippen LogP contribution in [0.25, 0.3) is 0 Å². The molecule has 0 aromatic heterocycles. The molecule has 2 aromatic rings. The van der Waals surface area contributed by atoms with E-state index in [9.17, 15) is 0 Å². The minimum Gasteiger partial charge on any atom is -0.288 e. The van der Waals surface area contributed by atoms with Gasteiger partial charge in [0.15, 0.2) is 0 Å². The molecule has 2 aromatic carbocycles. The predicted molar refractivity (Wildman–Crippen MR) is 83.9 cm³/mol. The van der Waals surface area contributed by atoms with Crippen molar-refractivity contribution in [2.45, 2.75) is 6.42 Å². The van der Waals surface area contributed by atoms with Crippen LogP contribution < -0.4 is 10.0 Å². The standard InChI is InChI=1S/C16H16ClN3/c1-19(16-10-5-7-14(17)13-16)20(12-6-11-18)15-8-3-2-4-9-15/h2-5,7-10,13H,6,12H2,1H3. The smallest absolute Gasteiger partial charge is 0.0641 e. The van der Waals surface area contributed by atoms with Crippen molar-refractivity contribution in [2.24, 2.45) is 0 Å². The summed E-state index contributed by atoms with van der Waals surface area (Å²) in [6.07, 6.45) is 0.458. The zero-order valence-electron chi connectivity index (χ0n) is 11.3. The van der Waals surface area contributed by atoms with Gasteiger partial charge in [0.2, 0.25) is 0 Å². The molecule has 0 N–H and O–H groups in total. The van der Waals surface area contributed by atoms with Gasteiger partial charge in [-0.05, 0) is 30.3 Å². The molecule has 0 saturated heterocycles. The van der Waals surface area contributed by atoms with E-state index in [1.807, 2.05) is 66.7 Å². The molecule has 2 rings (SSSR count). The maximum Gasteiger partial charge on any atom is 0.0641 e. The lowest BCUT2D eigenvalue weighted by atomic mass is 10.3. The van der Waals surface area contributed by atoms with Crippen molar-refractivity contribution in [1.29, 1.82) is 5.26 Å². The zero-order valence-corrected chi connectivity index (χ0v) is 12.1. The lowest BCUT2D eigenvalue weighted by Gasteiger charge is -2.35. The molecule has 0 aliphatic rings. The van der Waals surface area contributed by atoms with Gasteiger partial charge < -0.3 is 0 Å². The number of rotatable bonds is 5. The monoisotopic (exact) mass is 285 g/mol. The van der Waals surface area contributed by atoms with Gasteiger partial charge in [0, 0.05) is 12.1 Å². The second kappa shape index (κ2) is 6.83. The molecular weight excluding hydrogens is 270 g/mol. The van der Waals surface area contributed by atoms with Gasteiger partial charge in [-0.3, -0.25) is 10.0 Å². The molecule has 0 aliphatic carbocycles. The Morgan fingerprint density at radius 2 is 1.75 bits per heavy atom. The Morgan fingerprint density at radius 3 is 2.40 bits per heavy atom. The van der Waals surface area contributed by atoms with Crippen LogP contribution in [-0.2, 0) is 0 Å². The summed E-state index contributed by atoms with van der Waals surface area (Å²) in [5.74, 6) is 0. The molecular formula is C16H16ClN3. The van der Waals surface area contributed by atoms with Crippen molar-refractivity contribution in [3.8, 4) is 6.07 Å². The fourth-order valence-electron chi connectivity index (χ4n) is 2.03. The topological polar surface area (TPSA) is 30.3 Å². The van der Waals surface area contributed by atoms with E-state index in [2.05, 4.69) is 11.1 Å². The Kier molecular flexibility index (Phi) is 4.86. The highest BCUT2D eigenvalue weighted by atomic mass is 35.5. The van der Waals surface area contributed by atoms with Crippen molar-refractivity contribution in [3.05, 3.63) is 59.6 Å². The molecule has 0 heterocycles. The summed E-state index contributed by atoms with van der Waals surface area (Å²) in [5, 5.41) is 13.6. The summed E-state index contributed by atoms with van der Waals surface area (Å²) in [5.41, 5.74) is 2.03. The van der Waals surface area contributed by atoms with E-state index in [0.29, 0.717) is 18.0 Å². The van der Waals surface area contributed by atoms with Crippen LogP contribution in [-0.4, -0.2) is 13.6 Å².